The van der Waals surface area contributed by atoms with Crippen LogP contribution in [0.3, 0.4) is 0 Å². The molecule has 0 saturated carbocycles. The van der Waals surface area contributed by atoms with Gasteiger partial charge in [0, 0.05) is 24.0 Å². The first-order valence-electron chi connectivity index (χ1n) is 6.68. The zero-order valence-electron chi connectivity index (χ0n) is 11.5. The summed E-state index contributed by atoms with van der Waals surface area (Å²) >= 11 is 0. The van der Waals surface area contributed by atoms with Crippen molar-refractivity contribution in [3.63, 3.8) is 0 Å². The molecular formula is C13H15F3N4O2. The number of rotatable bonds is 1. The highest BCUT2D eigenvalue weighted by molar-refractivity contribution is 5.73. The van der Waals surface area contributed by atoms with Crippen LogP contribution in [-0.4, -0.2) is 44.7 Å². The molecule has 0 spiro atoms. The lowest BCUT2D eigenvalue weighted by molar-refractivity contribution is -0.192. The first-order chi connectivity index (χ1) is 10.4. The van der Waals surface area contributed by atoms with Crippen molar-refractivity contribution in [2.75, 3.05) is 13.1 Å². The normalized spacial score (nSPS) is 16.1. The average molecular weight is 316 g/mol. The van der Waals surface area contributed by atoms with Crippen molar-refractivity contribution in [3.05, 3.63) is 30.4 Å². The van der Waals surface area contributed by atoms with Gasteiger partial charge in [0.25, 0.3) is 0 Å². The maximum atomic E-state index is 10.6. The summed E-state index contributed by atoms with van der Waals surface area (Å²) in [4.78, 5) is 17.5. The fourth-order valence-electron chi connectivity index (χ4n) is 2.27. The number of aliphatic carboxylic acids is 1. The van der Waals surface area contributed by atoms with Crippen molar-refractivity contribution in [3.8, 4) is 0 Å². The van der Waals surface area contributed by atoms with E-state index in [1.165, 1.54) is 18.5 Å². The Morgan fingerprint density at radius 2 is 1.95 bits per heavy atom. The first-order valence-corrected chi connectivity index (χ1v) is 6.68. The lowest BCUT2D eigenvalue weighted by Crippen LogP contribution is -2.27. The minimum atomic E-state index is -5.08. The van der Waals surface area contributed by atoms with Gasteiger partial charge in [0.2, 0.25) is 5.78 Å². The summed E-state index contributed by atoms with van der Waals surface area (Å²) in [5.41, 5.74) is 1.31. The predicted molar refractivity (Wildman–Crippen MR) is 71.5 cm³/mol. The summed E-state index contributed by atoms with van der Waals surface area (Å²) in [6.45, 7) is 2.22. The molecule has 22 heavy (non-hydrogen) atoms. The fourth-order valence-corrected chi connectivity index (χ4v) is 2.27. The number of fused-ring (bicyclic) bond motifs is 1. The molecule has 0 amide bonds. The Morgan fingerprint density at radius 3 is 2.55 bits per heavy atom. The van der Waals surface area contributed by atoms with E-state index in [0.29, 0.717) is 5.92 Å². The largest absolute Gasteiger partial charge is 0.490 e. The number of hydrogen-bond donors (Lipinski definition) is 2. The second-order valence-electron chi connectivity index (χ2n) is 4.80. The van der Waals surface area contributed by atoms with E-state index in [4.69, 9.17) is 9.90 Å². The molecule has 1 aliphatic rings. The quantitative estimate of drug-likeness (QED) is 0.839. The average Bonchev–Trinajstić information content (AvgIpc) is 2.92. The molecule has 0 radical (unpaired) electrons. The topological polar surface area (TPSA) is 79.5 Å². The smallest absolute Gasteiger partial charge is 0.475 e. The number of nitrogens with zero attached hydrogens (tertiary/aromatic N) is 3. The molecule has 2 aromatic rings. The summed E-state index contributed by atoms with van der Waals surface area (Å²) in [6, 6.07) is 1.96. The van der Waals surface area contributed by atoms with E-state index in [2.05, 4.69) is 19.7 Å². The molecule has 6 nitrogen and oxygen atoms in total. The zero-order chi connectivity index (χ0) is 16.2. The molecule has 120 valence electrons. The second-order valence-corrected chi connectivity index (χ2v) is 4.80. The number of carbonyl (C=O) groups is 1. The predicted octanol–water partition coefficient (Wildman–Crippen LogP) is 1.83. The molecule has 1 aliphatic heterocycles. The Morgan fingerprint density at radius 1 is 1.32 bits per heavy atom. The lowest BCUT2D eigenvalue weighted by atomic mass is 9.95. The van der Waals surface area contributed by atoms with Gasteiger partial charge in [-0.2, -0.15) is 13.2 Å². The molecule has 3 rings (SSSR count). The molecular weight excluding hydrogens is 301 g/mol. The molecule has 9 heteroatoms. The zero-order valence-corrected chi connectivity index (χ0v) is 11.5. The number of hydrogen-bond acceptors (Lipinski definition) is 4. The second kappa shape index (κ2) is 6.73. The van der Waals surface area contributed by atoms with Gasteiger partial charge in [-0.25, -0.2) is 14.8 Å². The molecule has 3 heterocycles. The Hall–Kier alpha value is -2.16. The summed E-state index contributed by atoms with van der Waals surface area (Å²) in [6.07, 6.45) is 3.12. The number of alkyl halides is 3. The van der Waals surface area contributed by atoms with Gasteiger partial charge in [0.05, 0.1) is 6.20 Å². The lowest BCUT2D eigenvalue weighted by Gasteiger charge is -2.21. The summed E-state index contributed by atoms with van der Waals surface area (Å²) in [7, 11) is 0. The number of carboxylic acid groups (broad SMARTS) is 1. The molecule has 0 aliphatic carbocycles. The Kier molecular flexibility index (Phi) is 4.96. The van der Waals surface area contributed by atoms with E-state index in [1.54, 1.807) is 6.20 Å². The van der Waals surface area contributed by atoms with Crippen LogP contribution in [0.25, 0.3) is 5.78 Å². The third-order valence-electron chi connectivity index (χ3n) is 3.32. The van der Waals surface area contributed by atoms with Crippen LogP contribution in [0.1, 0.15) is 24.5 Å². The number of halogens is 3. The number of nitrogens with one attached hydrogen (secondary N) is 1. The monoisotopic (exact) mass is 316 g/mol. The van der Waals surface area contributed by atoms with Crippen LogP contribution in [0, 0.1) is 0 Å². The number of aromatic nitrogens is 3. The molecule has 2 N–H and O–H groups in total. The van der Waals surface area contributed by atoms with Gasteiger partial charge in [-0.15, -0.1) is 0 Å². The van der Waals surface area contributed by atoms with Crippen LogP contribution in [0.4, 0.5) is 13.2 Å². The van der Waals surface area contributed by atoms with Gasteiger partial charge in [0.1, 0.15) is 0 Å². The van der Waals surface area contributed by atoms with E-state index in [1.807, 2.05) is 18.5 Å². The van der Waals surface area contributed by atoms with Crippen LogP contribution >= 0.6 is 0 Å². The van der Waals surface area contributed by atoms with Gasteiger partial charge in [0.15, 0.2) is 0 Å². The van der Waals surface area contributed by atoms with E-state index >= 15 is 0 Å². The van der Waals surface area contributed by atoms with Gasteiger partial charge in [-0.3, -0.25) is 4.40 Å². The van der Waals surface area contributed by atoms with Crippen LogP contribution in [0.15, 0.2) is 24.7 Å². The molecule has 1 fully saturated rings. The molecule has 0 unspecified atom stereocenters. The number of piperidine rings is 1. The van der Waals surface area contributed by atoms with Gasteiger partial charge in [-0.1, -0.05) is 0 Å². The van der Waals surface area contributed by atoms with Crippen molar-refractivity contribution in [1.82, 2.24) is 19.7 Å². The minimum absolute atomic E-state index is 0.630. The maximum absolute atomic E-state index is 10.6. The highest BCUT2D eigenvalue weighted by Gasteiger charge is 2.38. The third-order valence-corrected chi connectivity index (χ3v) is 3.32. The SMILES string of the molecule is O=C(O)C(F)(F)F.c1cnc2ncc(C3CCNCC3)n2c1. The van der Waals surface area contributed by atoms with Crippen molar-refractivity contribution in [2.45, 2.75) is 24.9 Å². The summed E-state index contributed by atoms with van der Waals surface area (Å²) in [5.74, 6) is -1.32. The number of imidazole rings is 1. The van der Waals surface area contributed by atoms with Crippen molar-refractivity contribution < 1.29 is 23.1 Å². The van der Waals surface area contributed by atoms with Crippen molar-refractivity contribution >= 4 is 11.7 Å². The van der Waals surface area contributed by atoms with Crippen LogP contribution < -0.4 is 5.32 Å². The molecule has 1 saturated heterocycles. The third kappa shape index (κ3) is 3.94. The van der Waals surface area contributed by atoms with Gasteiger partial charge < -0.3 is 10.4 Å². The first kappa shape index (κ1) is 16.2. The van der Waals surface area contributed by atoms with Crippen LogP contribution in [0.5, 0.6) is 0 Å². The summed E-state index contributed by atoms with van der Waals surface area (Å²) in [5, 5.41) is 10.5. The highest BCUT2D eigenvalue weighted by atomic mass is 19.4. The molecule has 0 bridgehead atoms. The van der Waals surface area contributed by atoms with Crippen LogP contribution in [-0.2, 0) is 4.79 Å². The standard InChI is InChI=1S/C11H14N4.C2HF3O2/c1-4-13-11-14-8-10(15(11)7-1)9-2-5-12-6-3-9;3-2(4,5)1(6)7/h1,4,7-9,12H,2-3,5-6H2;(H,6,7). The maximum Gasteiger partial charge on any atom is 0.490 e. The Bertz CT molecular complexity index is 635. The van der Waals surface area contributed by atoms with Crippen molar-refractivity contribution in [1.29, 1.82) is 0 Å². The van der Waals surface area contributed by atoms with E-state index in [0.717, 1.165) is 18.9 Å². The van der Waals surface area contributed by atoms with Gasteiger partial charge in [-0.05, 0) is 32.0 Å². The van der Waals surface area contributed by atoms with Crippen molar-refractivity contribution in [2.24, 2.45) is 0 Å². The molecule has 0 aromatic carbocycles. The summed E-state index contributed by atoms with van der Waals surface area (Å²) < 4.78 is 33.8. The Labute approximate surface area is 124 Å². The molecule has 2 aromatic heterocycles. The highest BCUT2D eigenvalue weighted by Crippen LogP contribution is 2.25. The van der Waals surface area contributed by atoms with E-state index in [-0.39, 0.29) is 0 Å². The minimum Gasteiger partial charge on any atom is -0.475 e. The van der Waals surface area contributed by atoms with Crippen LogP contribution in [0.2, 0.25) is 0 Å². The Balaban J connectivity index is 0.000000217. The number of carboxylic acids is 1. The van der Waals surface area contributed by atoms with Gasteiger partial charge >= 0.3 is 12.1 Å². The molecule has 0 atom stereocenters. The fraction of sp³-hybridized carbons (Fsp3) is 0.462. The van der Waals surface area contributed by atoms with E-state index < -0.39 is 12.1 Å². The van der Waals surface area contributed by atoms with E-state index in [9.17, 15) is 13.2 Å².